The normalized spacial score (nSPS) is 16.1. The molecule has 1 aromatic heterocycles. The zero-order chi connectivity index (χ0) is 18.3. The summed E-state index contributed by atoms with van der Waals surface area (Å²) in [5.41, 5.74) is -0.861. The third-order valence-electron chi connectivity index (χ3n) is 3.80. The van der Waals surface area contributed by atoms with Crippen LogP contribution in [-0.4, -0.2) is 39.0 Å². The van der Waals surface area contributed by atoms with Crippen LogP contribution in [-0.2, 0) is 24.3 Å². The monoisotopic (exact) mass is 385 g/mol. The second-order valence-corrected chi connectivity index (χ2v) is 8.63. The second kappa shape index (κ2) is 8.42. The molecule has 0 bridgehead atoms. The van der Waals surface area contributed by atoms with E-state index >= 15 is 0 Å². The van der Waals surface area contributed by atoms with Crippen LogP contribution in [0.1, 0.15) is 32.1 Å². The first-order valence-corrected chi connectivity index (χ1v) is 10.1. The minimum Gasteiger partial charge on any atom is -0.456 e. The Morgan fingerprint density at radius 1 is 1.36 bits per heavy atom. The number of nitriles is 1. The lowest BCUT2D eigenvalue weighted by Gasteiger charge is -2.21. The number of nitrogens with zero attached hydrogens (tertiary/aromatic N) is 1. The van der Waals surface area contributed by atoms with Gasteiger partial charge >= 0.3 is 5.97 Å². The molecule has 0 unspecified atom stereocenters. The zero-order valence-corrected chi connectivity index (χ0v) is 15.1. The van der Waals surface area contributed by atoms with Crippen molar-refractivity contribution in [2.75, 3.05) is 13.2 Å². The summed E-state index contributed by atoms with van der Waals surface area (Å²) < 4.78 is 31.0. The number of esters is 1. The topological polar surface area (TPSA) is 125 Å². The maximum atomic E-state index is 11.9. The third kappa shape index (κ3) is 5.52. The molecule has 1 aliphatic rings. The lowest BCUT2D eigenvalue weighted by atomic mass is 10.00. The molecule has 0 saturated heterocycles. The molecular formula is C15H19N3O5S2. The summed E-state index contributed by atoms with van der Waals surface area (Å²) in [6.07, 6.45) is 2.73. The standard InChI is InChI=1S/C15H19N3O5S2/c16-11-15(6-1-2-7-15)18-12(19)10-23-13(20)5-8-17-25(21,22)14-4-3-9-24-14/h3-4,9,17H,1-2,5-8,10H2,(H,18,19). The van der Waals surface area contributed by atoms with Crippen molar-refractivity contribution in [1.82, 2.24) is 10.0 Å². The van der Waals surface area contributed by atoms with Crippen LogP contribution < -0.4 is 10.0 Å². The van der Waals surface area contributed by atoms with Crippen LogP contribution in [0.2, 0.25) is 0 Å². The molecule has 1 aromatic rings. The van der Waals surface area contributed by atoms with E-state index in [-0.39, 0.29) is 17.2 Å². The molecule has 10 heteroatoms. The molecule has 1 fully saturated rings. The first-order chi connectivity index (χ1) is 11.9. The number of rotatable bonds is 8. The van der Waals surface area contributed by atoms with Crippen LogP contribution in [0, 0.1) is 11.3 Å². The Morgan fingerprint density at radius 2 is 2.08 bits per heavy atom. The van der Waals surface area contributed by atoms with Crippen molar-refractivity contribution in [2.45, 2.75) is 41.9 Å². The van der Waals surface area contributed by atoms with Gasteiger partial charge in [-0.25, -0.2) is 13.1 Å². The van der Waals surface area contributed by atoms with Crippen LogP contribution in [0.25, 0.3) is 0 Å². The zero-order valence-electron chi connectivity index (χ0n) is 13.5. The summed E-state index contributed by atoms with van der Waals surface area (Å²) in [4.78, 5) is 23.4. The van der Waals surface area contributed by atoms with Gasteiger partial charge in [-0.15, -0.1) is 11.3 Å². The average Bonchev–Trinajstić information content (AvgIpc) is 3.25. The van der Waals surface area contributed by atoms with Crippen molar-refractivity contribution in [3.8, 4) is 6.07 Å². The number of ether oxygens (including phenoxy) is 1. The van der Waals surface area contributed by atoms with Gasteiger partial charge in [-0.1, -0.05) is 6.07 Å². The van der Waals surface area contributed by atoms with Gasteiger partial charge in [-0.05, 0) is 37.1 Å². The van der Waals surface area contributed by atoms with Gasteiger partial charge in [0.15, 0.2) is 6.61 Å². The number of sulfonamides is 1. The summed E-state index contributed by atoms with van der Waals surface area (Å²) in [6, 6.07) is 5.19. The maximum Gasteiger partial charge on any atom is 0.307 e. The van der Waals surface area contributed by atoms with Crippen LogP contribution in [0.3, 0.4) is 0 Å². The molecular weight excluding hydrogens is 366 g/mol. The van der Waals surface area contributed by atoms with Crippen LogP contribution in [0.5, 0.6) is 0 Å². The number of nitrogens with one attached hydrogen (secondary N) is 2. The van der Waals surface area contributed by atoms with E-state index in [0.29, 0.717) is 12.8 Å². The molecule has 2 N–H and O–H groups in total. The fraction of sp³-hybridized carbons (Fsp3) is 0.533. The molecule has 1 aliphatic carbocycles. The minimum absolute atomic E-state index is 0.122. The fourth-order valence-electron chi connectivity index (χ4n) is 2.54. The summed E-state index contributed by atoms with van der Waals surface area (Å²) in [6.45, 7) is -0.608. The van der Waals surface area contributed by atoms with Gasteiger partial charge < -0.3 is 10.1 Å². The van der Waals surface area contributed by atoms with Crippen LogP contribution in [0.15, 0.2) is 21.7 Å². The van der Waals surface area contributed by atoms with E-state index in [2.05, 4.69) is 16.1 Å². The number of carbonyl (C=O) groups is 2. The second-order valence-electron chi connectivity index (χ2n) is 5.69. The Kier molecular flexibility index (Phi) is 6.52. The molecule has 0 aliphatic heterocycles. The summed E-state index contributed by atoms with van der Waals surface area (Å²) in [5, 5.41) is 13.4. The highest BCUT2D eigenvalue weighted by atomic mass is 32.2. The lowest BCUT2D eigenvalue weighted by molar-refractivity contribution is -0.148. The van der Waals surface area contributed by atoms with Crippen molar-refractivity contribution < 1.29 is 22.7 Å². The van der Waals surface area contributed by atoms with Gasteiger partial charge in [0.2, 0.25) is 10.0 Å². The molecule has 0 aromatic carbocycles. The van der Waals surface area contributed by atoms with E-state index in [0.717, 1.165) is 24.2 Å². The molecule has 1 heterocycles. The van der Waals surface area contributed by atoms with Crippen LogP contribution >= 0.6 is 11.3 Å². The van der Waals surface area contributed by atoms with Gasteiger partial charge in [0.1, 0.15) is 9.75 Å². The molecule has 0 spiro atoms. The Morgan fingerprint density at radius 3 is 2.68 bits per heavy atom. The molecule has 0 atom stereocenters. The van der Waals surface area contributed by atoms with Crippen molar-refractivity contribution >= 4 is 33.2 Å². The Labute approximate surface area is 150 Å². The van der Waals surface area contributed by atoms with Gasteiger partial charge in [-0.2, -0.15) is 5.26 Å². The molecule has 1 saturated carbocycles. The van der Waals surface area contributed by atoms with Crippen molar-refractivity contribution in [3.05, 3.63) is 17.5 Å². The highest BCUT2D eigenvalue weighted by Crippen LogP contribution is 2.28. The van der Waals surface area contributed by atoms with E-state index in [9.17, 15) is 23.3 Å². The Bertz CT molecular complexity index is 747. The first kappa shape index (κ1) is 19.4. The third-order valence-corrected chi connectivity index (χ3v) is 6.65. The maximum absolute atomic E-state index is 11.9. The predicted molar refractivity (Wildman–Crippen MR) is 90.0 cm³/mol. The minimum atomic E-state index is -3.63. The fourth-order valence-corrected chi connectivity index (χ4v) is 4.61. The van der Waals surface area contributed by atoms with E-state index in [1.54, 1.807) is 11.4 Å². The predicted octanol–water partition coefficient (Wildman–Crippen LogP) is 0.912. The van der Waals surface area contributed by atoms with Crippen molar-refractivity contribution in [2.24, 2.45) is 0 Å². The van der Waals surface area contributed by atoms with Gasteiger partial charge in [-0.3, -0.25) is 9.59 Å². The molecule has 0 radical (unpaired) electrons. The SMILES string of the molecule is N#CC1(NC(=O)COC(=O)CCNS(=O)(=O)c2cccs2)CCCC1. The van der Waals surface area contributed by atoms with Gasteiger partial charge in [0.25, 0.3) is 5.91 Å². The van der Waals surface area contributed by atoms with E-state index in [4.69, 9.17) is 4.74 Å². The number of hydrogen-bond acceptors (Lipinski definition) is 7. The molecule has 25 heavy (non-hydrogen) atoms. The lowest BCUT2D eigenvalue weighted by Crippen LogP contribution is -2.46. The van der Waals surface area contributed by atoms with Crippen molar-refractivity contribution in [1.29, 1.82) is 5.26 Å². The molecule has 1 amide bonds. The van der Waals surface area contributed by atoms with E-state index < -0.39 is 34.0 Å². The summed E-state index contributed by atoms with van der Waals surface area (Å²) in [5.74, 6) is -1.22. The smallest absolute Gasteiger partial charge is 0.307 e. The van der Waals surface area contributed by atoms with Gasteiger partial charge in [0.05, 0.1) is 12.5 Å². The first-order valence-electron chi connectivity index (χ1n) is 7.78. The number of hydrogen-bond donors (Lipinski definition) is 2. The quantitative estimate of drug-likeness (QED) is 0.641. The number of thiophene rings is 1. The number of carbonyl (C=O) groups excluding carboxylic acids is 2. The van der Waals surface area contributed by atoms with Crippen molar-refractivity contribution in [3.63, 3.8) is 0 Å². The molecule has 8 nitrogen and oxygen atoms in total. The highest BCUT2D eigenvalue weighted by Gasteiger charge is 2.35. The largest absolute Gasteiger partial charge is 0.456 e. The Hall–Kier alpha value is -1.96. The summed E-state index contributed by atoms with van der Waals surface area (Å²) >= 11 is 1.07. The highest BCUT2D eigenvalue weighted by molar-refractivity contribution is 7.91. The summed E-state index contributed by atoms with van der Waals surface area (Å²) in [7, 11) is -3.63. The molecule has 2 rings (SSSR count). The average molecular weight is 385 g/mol. The van der Waals surface area contributed by atoms with Gasteiger partial charge in [0, 0.05) is 6.54 Å². The number of amides is 1. The van der Waals surface area contributed by atoms with E-state index in [1.807, 2.05) is 0 Å². The Balaban J connectivity index is 1.69. The molecule has 136 valence electrons. The van der Waals surface area contributed by atoms with Crippen LogP contribution in [0.4, 0.5) is 0 Å². The van der Waals surface area contributed by atoms with E-state index in [1.165, 1.54) is 6.07 Å².